The van der Waals surface area contributed by atoms with Gasteiger partial charge in [-0.25, -0.2) is 0 Å². The van der Waals surface area contributed by atoms with Crippen LogP contribution in [0.4, 0.5) is 0 Å². The second kappa shape index (κ2) is 7.86. The molecule has 0 aliphatic heterocycles. The highest BCUT2D eigenvalue weighted by atomic mass is 16.5. The zero-order valence-corrected chi connectivity index (χ0v) is 11.4. The molecule has 1 aromatic rings. The number of rotatable bonds is 7. The molecule has 0 radical (unpaired) electrons. The van der Waals surface area contributed by atoms with Crippen LogP contribution in [0.25, 0.3) is 0 Å². The van der Waals surface area contributed by atoms with Crippen molar-refractivity contribution in [1.82, 2.24) is 5.32 Å². The number of hydrogen-bond acceptors (Lipinski definition) is 3. The van der Waals surface area contributed by atoms with E-state index < -0.39 is 0 Å². The third-order valence-corrected chi connectivity index (χ3v) is 2.74. The van der Waals surface area contributed by atoms with Gasteiger partial charge in [-0.15, -0.1) is 0 Å². The minimum atomic E-state index is 0.261. The fourth-order valence-electron chi connectivity index (χ4n) is 1.71. The zero-order chi connectivity index (χ0) is 13.4. The summed E-state index contributed by atoms with van der Waals surface area (Å²) in [4.78, 5) is 0. The SMILES string of the molecule is CC(C)OCCCNC(C)c1cccc(C#N)c1. The Kier molecular flexibility index (Phi) is 6.42. The molecular weight excluding hydrogens is 224 g/mol. The van der Waals surface area contributed by atoms with Gasteiger partial charge in [0, 0.05) is 12.6 Å². The lowest BCUT2D eigenvalue weighted by molar-refractivity contribution is 0.0768. The Bertz CT molecular complexity index is 396. The quantitative estimate of drug-likeness (QED) is 0.752. The van der Waals surface area contributed by atoms with E-state index in [0.29, 0.717) is 11.7 Å². The molecule has 0 saturated heterocycles. The first-order valence-corrected chi connectivity index (χ1v) is 6.48. The van der Waals surface area contributed by atoms with Crippen molar-refractivity contribution < 1.29 is 4.74 Å². The highest BCUT2D eigenvalue weighted by Crippen LogP contribution is 2.13. The standard InChI is InChI=1S/C15H22N2O/c1-12(2)18-9-5-8-17-13(3)15-7-4-6-14(10-15)11-16/h4,6-7,10,12-13,17H,5,8-9H2,1-3H3. The van der Waals surface area contributed by atoms with E-state index in [0.717, 1.165) is 25.1 Å². The summed E-state index contributed by atoms with van der Waals surface area (Å²) < 4.78 is 5.48. The maximum Gasteiger partial charge on any atom is 0.0991 e. The number of hydrogen-bond donors (Lipinski definition) is 1. The summed E-state index contributed by atoms with van der Waals surface area (Å²) in [5.74, 6) is 0. The van der Waals surface area contributed by atoms with Crippen molar-refractivity contribution in [2.75, 3.05) is 13.2 Å². The van der Waals surface area contributed by atoms with E-state index >= 15 is 0 Å². The third kappa shape index (κ3) is 5.31. The van der Waals surface area contributed by atoms with Crippen molar-refractivity contribution in [2.45, 2.75) is 39.3 Å². The summed E-state index contributed by atoms with van der Waals surface area (Å²) >= 11 is 0. The van der Waals surface area contributed by atoms with Crippen LogP contribution in [0.3, 0.4) is 0 Å². The monoisotopic (exact) mass is 246 g/mol. The molecule has 1 unspecified atom stereocenters. The van der Waals surface area contributed by atoms with E-state index in [-0.39, 0.29) is 6.04 Å². The van der Waals surface area contributed by atoms with E-state index in [2.05, 4.69) is 18.3 Å². The molecule has 98 valence electrons. The third-order valence-electron chi connectivity index (χ3n) is 2.74. The van der Waals surface area contributed by atoms with Crippen LogP contribution in [0.5, 0.6) is 0 Å². The summed E-state index contributed by atoms with van der Waals surface area (Å²) in [6.07, 6.45) is 1.30. The van der Waals surface area contributed by atoms with Gasteiger partial charge >= 0.3 is 0 Å². The lowest BCUT2D eigenvalue weighted by Gasteiger charge is -2.15. The van der Waals surface area contributed by atoms with Crippen LogP contribution in [0.1, 0.15) is 44.4 Å². The normalized spacial score (nSPS) is 12.4. The molecule has 0 amide bonds. The highest BCUT2D eigenvalue weighted by molar-refractivity contribution is 5.33. The predicted molar refractivity (Wildman–Crippen MR) is 73.3 cm³/mol. The van der Waals surface area contributed by atoms with Crippen LogP contribution in [-0.2, 0) is 4.74 Å². The van der Waals surface area contributed by atoms with Crippen molar-refractivity contribution in [3.8, 4) is 6.07 Å². The first-order chi connectivity index (χ1) is 8.63. The summed E-state index contributed by atoms with van der Waals surface area (Å²) in [7, 11) is 0. The Labute approximate surface area is 110 Å². The average molecular weight is 246 g/mol. The molecule has 0 aliphatic carbocycles. The second-order valence-corrected chi connectivity index (χ2v) is 4.69. The van der Waals surface area contributed by atoms with Gasteiger partial charge in [-0.1, -0.05) is 12.1 Å². The van der Waals surface area contributed by atoms with Crippen LogP contribution in [0.2, 0.25) is 0 Å². The molecule has 3 heteroatoms. The maximum absolute atomic E-state index is 8.85. The molecule has 0 bridgehead atoms. The van der Waals surface area contributed by atoms with Gasteiger partial charge in [0.25, 0.3) is 0 Å². The molecule has 1 N–H and O–H groups in total. The van der Waals surface area contributed by atoms with Gasteiger partial charge in [-0.2, -0.15) is 5.26 Å². The smallest absolute Gasteiger partial charge is 0.0991 e. The average Bonchev–Trinajstić information content (AvgIpc) is 2.37. The first kappa shape index (κ1) is 14.7. The van der Waals surface area contributed by atoms with Gasteiger partial charge in [0.2, 0.25) is 0 Å². The molecule has 0 spiro atoms. The molecule has 1 rings (SSSR count). The van der Waals surface area contributed by atoms with Gasteiger partial charge in [-0.3, -0.25) is 0 Å². The topological polar surface area (TPSA) is 45.0 Å². The fraction of sp³-hybridized carbons (Fsp3) is 0.533. The second-order valence-electron chi connectivity index (χ2n) is 4.69. The van der Waals surface area contributed by atoms with Gasteiger partial charge in [0.15, 0.2) is 0 Å². The summed E-state index contributed by atoms with van der Waals surface area (Å²) in [6, 6.07) is 10.2. The minimum Gasteiger partial charge on any atom is -0.379 e. The summed E-state index contributed by atoms with van der Waals surface area (Å²) in [5.41, 5.74) is 1.86. The van der Waals surface area contributed by atoms with Gasteiger partial charge in [0.05, 0.1) is 17.7 Å². The lowest BCUT2D eigenvalue weighted by Crippen LogP contribution is -2.21. The van der Waals surface area contributed by atoms with E-state index in [4.69, 9.17) is 10.00 Å². The van der Waals surface area contributed by atoms with Crippen molar-refractivity contribution in [1.29, 1.82) is 5.26 Å². The number of benzene rings is 1. The Hall–Kier alpha value is -1.37. The van der Waals surface area contributed by atoms with Crippen LogP contribution < -0.4 is 5.32 Å². The number of nitriles is 1. The van der Waals surface area contributed by atoms with Crippen molar-refractivity contribution >= 4 is 0 Å². The van der Waals surface area contributed by atoms with Crippen LogP contribution in [-0.4, -0.2) is 19.3 Å². The van der Waals surface area contributed by atoms with Crippen LogP contribution in [0, 0.1) is 11.3 Å². The molecule has 18 heavy (non-hydrogen) atoms. The summed E-state index contributed by atoms with van der Waals surface area (Å²) in [5, 5.41) is 12.3. The van der Waals surface area contributed by atoms with E-state index in [9.17, 15) is 0 Å². The molecule has 0 fully saturated rings. The molecule has 0 saturated carbocycles. The minimum absolute atomic E-state index is 0.261. The predicted octanol–water partition coefficient (Wildman–Crippen LogP) is 3.02. The maximum atomic E-state index is 8.85. The van der Waals surface area contributed by atoms with E-state index in [1.54, 1.807) is 0 Å². The fourth-order valence-corrected chi connectivity index (χ4v) is 1.71. The van der Waals surface area contributed by atoms with Crippen molar-refractivity contribution in [2.24, 2.45) is 0 Å². The Morgan fingerprint density at radius 1 is 1.33 bits per heavy atom. The lowest BCUT2D eigenvalue weighted by atomic mass is 10.1. The zero-order valence-electron chi connectivity index (χ0n) is 11.4. The Morgan fingerprint density at radius 2 is 2.11 bits per heavy atom. The Balaban J connectivity index is 2.32. The largest absolute Gasteiger partial charge is 0.379 e. The van der Waals surface area contributed by atoms with Crippen LogP contribution >= 0.6 is 0 Å². The molecule has 0 aliphatic rings. The Morgan fingerprint density at radius 3 is 2.78 bits per heavy atom. The summed E-state index contributed by atoms with van der Waals surface area (Å²) in [6.45, 7) is 7.91. The number of nitrogens with zero attached hydrogens (tertiary/aromatic N) is 1. The van der Waals surface area contributed by atoms with Crippen molar-refractivity contribution in [3.05, 3.63) is 35.4 Å². The molecule has 1 atom stereocenters. The molecule has 3 nitrogen and oxygen atoms in total. The number of ether oxygens (including phenoxy) is 1. The first-order valence-electron chi connectivity index (χ1n) is 6.48. The van der Waals surface area contributed by atoms with Crippen LogP contribution in [0.15, 0.2) is 24.3 Å². The van der Waals surface area contributed by atoms with Crippen molar-refractivity contribution in [3.63, 3.8) is 0 Å². The number of nitrogens with one attached hydrogen (secondary N) is 1. The van der Waals surface area contributed by atoms with Gasteiger partial charge in [0.1, 0.15) is 0 Å². The molecule has 0 aromatic heterocycles. The van der Waals surface area contributed by atoms with E-state index in [1.165, 1.54) is 0 Å². The molecular formula is C15H22N2O. The van der Waals surface area contributed by atoms with E-state index in [1.807, 2.05) is 38.1 Å². The molecule has 0 heterocycles. The van der Waals surface area contributed by atoms with Gasteiger partial charge < -0.3 is 10.1 Å². The highest BCUT2D eigenvalue weighted by Gasteiger charge is 2.04. The molecule has 1 aromatic carbocycles. The van der Waals surface area contributed by atoms with Gasteiger partial charge in [-0.05, 0) is 51.4 Å².